The van der Waals surface area contributed by atoms with Gasteiger partial charge in [0.2, 0.25) is 0 Å². The highest BCUT2D eigenvalue weighted by atomic mass is 16.5. The van der Waals surface area contributed by atoms with Crippen molar-refractivity contribution in [1.29, 1.82) is 0 Å². The smallest absolute Gasteiger partial charge is 0.314 e. The fourth-order valence-corrected chi connectivity index (χ4v) is 2.25. The number of hydrogen-bond donors (Lipinski definition) is 2. The summed E-state index contributed by atoms with van der Waals surface area (Å²) in [5.41, 5.74) is 7.58. The molecule has 2 rings (SSSR count). The molecule has 2 aromatic rings. The maximum absolute atomic E-state index is 5.24. The molecule has 0 aliphatic carbocycles. The normalized spacial score (nSPS) is 11.7. The molecule has 0 aliphatic heterocycles. The summed E-state index contributed by atoms with van der Waals surface area (Å²) in [6.07, 6.45) is 0.646. The lowest BCUT2D eigenvalue weighted by Gasteiger charge is -2.22. The third-order valence-corrected chi connectivity index (χ3v) is 3.49. The van der Waals surface area contributed by atoms with Gasteiger partial charge in [0.25, 0.3) is 0 Å². The Labute approximate surface area is 119 Å². The SMILES string of the molecule is Cc1cc(C(C)(C)C)cc(C)c1Cc1noc(NN)n1. The maximum atomic E-state index is 5.24. The molecule has 0 amide bonds. The minimum atomic E-state index is 0.150. The molecule has 0 bridgehead atoms. The Hall–Kier alpha value is -1.88. The molecule has 0 saturated carbocycles. The molecule has 0 aliphatic rings. The first kappa shape index (κ1) is 14.5. The molecule has 3 N–H and O–H groups in total. The molecule has 0 unspecified atom stereocenters. The van der Waals surface area contributed by atoms with Gasteiger partial charge in [0.1, 0.15) is 0 Å². The number of nitrogens with zero attached hydrogens (tertiary/aromatic N) is 2. The summed E-state index contributed by atoms with van der Waals surface area (Å²) in [5, 5.41) is 3.91. The molecule has 1 heterocycles. The fourth-order valence-electron chi connectivity index (χ4n) is 2.25. The molecule has 1 aromatic heterocycles. The van der Waals surface area contributed by atoms with Crippen molar-refractivity contribution in [3.8, 4) is 0 Å². The molecule has 0 saturated heterocycles. The second kappa shape index (κ2) is 5.25. The van der Waals surface area contributed by atoms with E-state index in [2.05, 4.69) is 62.3 Å². The molecule has 20 heavy (non-hydrogen) atoms. The summed E-state index contributed by atoms with van der Waals surface area (Å²) >= 11 is 0. The Balaban J connectivity index is 2.33. The molecule has 1 aromatic carbocycles. The van der Waals surface area contributed by atoms with Crippen LogP contribution < -0.4 is 11.3 Å². The van der Waals surface area contributed by atoms with Crippen LogP contribution in [0.1, 0.15) is 48.8 Å². The van der Waals surface area contributed by atoms with Crippen LogP contribution in [-0.4, -0.2) is 10.1 Å². The number of hydrazine groups is 1. The number of nitrogens with two attached hydrogens (primary N) is 1. The number of anilines is 1. The number of hydrogen-bond acceptors (Lipinski definition) is 5. The van der Waals surface area contributed by atoms with E-state index < -0.39 is 0 Å². The topological polar surface area (TPSA) is 77.0 Å². The Morgan fingerprint density at radius 2 is 1.80 bits per heavy atom. The van der Waals surface area contributed by atoms with Crippen LogP contribution in [-0.2, 0) is 11.8 Å². The number of aromatic nitrogens is 2. The van der Waals surface area contributed by atoms with Crippen LogP contribution >= 0.6 is 0 Å². The fraction of sp³-hybridized carbons (Fsp3) is 0.467. The van der Waals surface area contributed by atoms with Gasteiger partial charge in [0, 0.05) is 6.42 Å². The average molecular weight is 274 g/mol. The van der Waals surface area contributed by atoms with Gasteiger partial charge in [-0.2, -0.15) is 4.98 Å². The van der Waals surface area contributed by atoms with E-state index in [0.29, 0.717) is 12.2 Å². The van der Waals surface area contributed by atoms with Gasteiger partial charge in [-0.1, -0.05) is 38.1 Å². The molecule has 0 radical (unpaired) electrons. The summed E-state index contributed by atoms with van der Waals surface area (Å²) in [6.45, 7) is 10.9. The highest BCUT2D eigenvalue weighted by molar-refractivity contribution is 5.41. The third-order valence-electron chi connectivity index (χ3n) is 3.49. The lowest BCUT2D eigenvalue weighted by Crippen LogP contribution is -2.13. The predicted molar refractivity (Wildman–Crippen MR) is 79.5 cm³/mol. The summed E-state index contributed by atoms with van der Waals surface area (Å²) < 4.78 is 4.95. The van der Waals surface area contributed by atoms with Crippen LogP contribution in [0.2, 0.25) is 0 Å². The zero-order chi connectivity index (χ0) is 14.9. The summed E-state index contributed by atoms with van der Waals surface area (Å²) in [7, 11) is 0. The number of rotatable bonds is 3. The molecule has 5 nitrogen and oxygen atoms in total. The first-order valence-corrected chi connectivity index (χ1v) is 6.71. The quantitative estimate of drug-likeness (QED) is 0.664. The van der Waals surface area contributed by atoms with Gasteiger partial charge < -0.3 is 4.52 Å². The monoisotopic (exact) mass is 274 g/mol. The zero-order valence-electron chi connectivity index (χ0n) is 12.7. The number of nitrogen functional groups attached to an aromatic ring is 1. The van der Waals surface area contributed by atoms with Crippen molar-refractivity contribution >= 4 is 6.01 Å². The lowest BCUT2D eigenvalue weighted by molar-refractivity contribution is 0.424. The van der Waals surface area contributed by atoms with Crippen molar-refractivity contribution in [2.24, 2.45) is 5.84 Å². The van der Waals surface area contributed by atoms with Crippen molar-refractivity contribution < 1.29 is 4.52 Å². The Kier molecular flexibility index (Phi) is 3.81. The Morgan fingerprint density at radius 3 is 2.25 bits per heavy atom. The Bertz CT molecular complexity index is 588. The van der Waals surface area contributed by atoms with Crippen molar-refractivity contribution in [3.63, 3.8) is 0 Å². The van der Waals surface area contributed by atoms with E-state index in [0.717, 1.165) is 0 Å². The zero-order valence-corrected chi connectivity index (χ0v) is 12.7. The van der Waals surface area contributed by atoms with E-state index in [4.69, 9.17) is 10.4 Å². The van der Waals surface area contributed by atoms with Gasteiger partial charge >= 0.3 is 6.01 Å². The van der Waals surface area contributed by atoms with E-state index in [1.807, 2.05) is 0 Å². The molecule has 5 heteroatoms. The van der Waals surface area contributed by atoms with Crippen LogP contribution in [0.5, 0.6) is 0 Å². The first-order chi connectivity index (χ1) is 9.31. The van der Waals surface area contributed by atoms with E-state index in [1.54, 1.807) is 0 Å². The van der Waals surface area contributed by atoms with Crippen molar-refractivity contribution in [1.82, 2.24) is 10.1 Å². The van der Waals surface area contributed by atoms with E-state index >= 15 is 0 Å². The van der Waals surface area contributed by atoms with Crippen LogP contribution in [0, 0.1) is 13.8 Å². The second-order valence-corrected chi connectivity index (χ2v) is 6.18. The highest BCUT2D eigenvalue weighted by Crippen LogP contribution is 2.27. The number of nitrogens with one attached hydrogen (secondary N) is 1. The minimum absolute atomic E-state index is 0.150. The summed E-state index contributed by atoms with van der Waals surface area (Å²) in [5.74, 6) is 5.87. The Morgan fingerprint density at radius 1 is 1.20 bits per heavy atom. The van der Waals surface area contributed by atoms with E-state index in [1.165, 1.54) is 22.3 Å². The van der Waals surface area contributed by atoms with Gasteiger partial charge in [-0.25, -0.2) is 5.84 Å². The standard InChI is InChI=1S/C15H22N4O/c1-9-6-11(15(3,4)5)7-10(2)12(9)8-13-17-14(18-16)20-19-13/h6-7H,8,16H2,1-5H3,(H,17,18,19). The largest absolute Gasteiger partial charge is 0.335 e. The van der Waals surface area contributed by atoms with Gasteiger partial charge in [0.05, 0.1) is 0 Å². The second-order valence-electron chi connectivity index (χ2n) is 6.18. The van der Waals surface area contributed by atoms with Gasteiger partial charge in [-0.15, -0.1) is 0 Å². The van der Waals surface area contributed by atoms with Crippen LogP contribution in [0.4, 0.5) is 6.01 Å². The lowest BCUT2D eigenvalue weighted by atomic mass is 9.83. The molecule has 108 valence electrons. The van der Waals surface area contributed by atoms with Gasteiger partial charge in [0.15, 0.2) is 5.82 Å². The molecule has 0 spiro atoms. The maximum Gasteiger partial charge on any atom is 0.335 e. The van der Waals surface area contributed by atoms with Crippen molar-refractivity contribution in [2.45, 2.75) is 46.5 Å². The molecule has 0 atom stereocenters. The van der Waals surface area contributed by atoms with Crippen LogP contribution in [0.3, 0.4) is 0 Å². The van der Waals surface area contributed by atoms with E-state index in [9.17, 15) is 0 Å². The van der Waals surface area contributed by atoms with Crippen LogP contribution in [0.25, 0.3) is 0 Å². The number of aryl methyl sites for hydroxylation is 2. The summed E-state index contributed by atoms with van der Waals surface area (Å²) in [4.78, 5) is 4.16. The molecular formula is C15H22N4O. The third kappa shape index (κ3) is 2.99. The van der Waals surface area contributed by atoms with Crippen molar-refractivity contribution in [3.05, 3.63) is 40.2 Å². The minimum Gasteiger partial charge on any atom is -0.314 e. The van der Waals surface area contributed by atoms with Gasteiger partial charge in [-0.05, 0) is 41.5 Å². The predicted octanol–water partition coefficient (Wildman–Crippen LogP) is 2.86. The van der Waals surface area contributed by atoms with Crippen molar-refractivity contribution in [2.75, 3.05) is 5.43 Å². The molecular weight excluding hydrogens is 252 g/mol. The first-order valence-electron chi connectivity index (χ1n) is 6.71. The van der Waals surface area contributed by atoms with E-state index in [-0.39, 0.29) is 11.4 Å². The average Bonchev–Trinajstić information content (AvgIpc) is 2.80. The summed E-state index contributed by atoms with van der Waals surface area (Å²) in [6, 6.07) is 4.72. The molecule has 0 fully saturated rings. The van der Waals surface area contributed by atoms with Gasteiger partial charge in [-0.3, -0.25) is 5.43 Å². The van der Waals surface area contributed by atoms with Crippen LogP contribution in [0.15, 0.2) is 16.7 Å². The highest BCUT2D eigenvalue weighted by Gasteiger charge is 2.17. The number of benzene rings is 1.